The number of hydrogen-bond acceptors (Lipinski definition) is 5. The third kappa shape index (κ3) is 15.9. The second-order valence-electron chi connectivity index (χ2n) is 8.60. The van der Waals surface area contributed by atoms with Gasteiger partial charge in [0, 0.05) is 18.7 Å². The van der Waals surface area contributed by atoms with Crippen molar-refractivity contribution in [3.8, 4) is 0 Å². The van der Waals surface area contributed by atoms with Gasteiger partial charge >= 0.3 is 0 Å². The number of ether oxygens (including phenoxy) is 1. The Hall–Kier alpha value is -0.299. The van der Waals surface area contributed by atoms with E-state index in [2.05, 4.69) is 51.2 Å². The molecular weight excluding hydrogens is 382 g/mol. The first-order valence-corrected chi connectivity index (χ1v) is 18.0. The van der Waals surface area contributed by atoms with Crippen LogP contribution in [0.5, 0.6) is 0 Å². The Morgan fingerprint density at radius 3 is 2.15 bits per heavy atom. The van der Waals surface area contributed by atoms with Crippen molar-refractivity contribution in [1.29, 1.82) is 0 Å². The molecular formula is C17H39NO5Si3. The molecule has 0 aliphatic carbocycles. The Morgan fingerprint density at radius 1 is 1.15 bits per heavy atom. The molecule has 0 saturated heterocycles. The highest BCUT2D eigenvalue weighted by molar-refractivity contribution is 6.71. The van der Waals surface area contributed by atoms with Crippen molar-refractivity contribution < 1.29 is 23.5 Å². The molecule has 0 aromatic rings. The normalized spacial score (nSPS) is 14.2. The fraction of sp³-hybridized carbons (Fsp3) is 0.824. The topological polar surface area (TPSA) is 77.0 Å². The second kappa shape index (κ2) is 12.2. The van der Waals surface area contributed by atoms with Crippen LogP contribution in [0.25, 0.3) is 0 Å². The molecule has 0 aromatic carbocycles. The molecule has 2 N–H and O–H groups in total. The van der Waals surface area contributed by atoms with Gasteiger partial charge in [0.15, 0.2) is 16.6 Å². The van der Waals surface area contributed by atoms with E-state index < -0.39 is 32.3 Å². The van der Waals surface area contributed by atoms with Gasteiger partial charge in [-0.1, -0.05) is 12.6 Å². The maximum atomic E-state index is 11.3. The summed E-state index contributed by atoms with van der Waals surface area (Å²) in [7, 11) is -3.72. The van der Waals surface area contributed by atoms with Gasteiger partial charge in [0.25, 0.3) is 0 Å². The molecule has 0 saturated carbocycles. The largest absolute Gasteiger partial charge is 0.398 e. The number of rotatable bonds is 14. The van der Waals surface area contributed by atoms with E-state index in [1.807, 2.05) is 0 Å². The van der Waals surface area contributed by atoms with E-state index in [4.69, 9.17) is 13.6 Å². The molecule has 0 aromatic heterocycles. The molecule has 9 heteroatoms. The number of carbonyl (C=O) groups is 1. The van der Waals surface area contributed by atoms with Crippen LogP contribution < -0.4 is 5.32 Å². The minimum absolute atomic E-state index is 0.0104. The van der Waals surface area contributed by atoms with E-state index in [-0.39, 0.29) is 25.0 Å². The van der Waals surface area contributed by atoms with Crippen LogP contribution >= 0.6 is 0 Å². The van der Waals surface area contributed by atoms with Crippen molar-refractivity contribution in [2.75, 3.05) is 19.8 Å². The van der Waals surface area contributed by atoms with Gasteiger partial charge in [-0.2, -0.15) is 0 Å². The molecule has 1 amide bonds. The molecule has 0 bridgehead atoms. The molecule has 0 fully saturated rings. The highest BCUT2D eigenvalue weighted by Gasteiger charge is 2.26. The zero-order valence-corrected chi connectivity index (χ0v) is 21.1. The monoisotopic (exact) mass is 421 g/mol. The SMILES string of the molecule is C=C(C)C(=O)NCC(O)COCCC[SiH2]C(O[Si](C)(C)C)O[Si](C)(C)C. The quantitative estimate of drug-likeness (QED) is 0.194. The van der Waals surface area contributed by atoms with Crippen molar-refractivity contribution in [2.24, 2.45) is 0 Å². The fourth-order valence-electron chi connectivity index (χ4n) is 2.09. The van der Waals surface area contributed by atoms with Gasteiger partial charge in [0.1, 0.15) is 5.91 Å². The van der Waals surface area contributed by atoms with Gasteiger partial charge in [-0.05, 0) is 52.6 Å². The number of aliphatic hydroxyl groups excluding tert-OH is 1. The van der Waals surface area contributed by atoms with E-state index in [1.165, 1.54) is 0 Å². The maximum Gasteiger partial charge on any atom is 0.246 e. The lowest BCUT2D eigenvalue weighted by Crippen LogP contribution is -2.43. The first kappa shape index (κ1) is 25.7. The first-order chi connectivity index (χ1) is 11.8. The Morgan fingerprint density at radius 2 is 1.69 bits per heavy atom. The summed E-state index contributed by atoms with van der Waals surface area (Å²) in [6.07, 6.45) is 0.242. The number of carbonyl (C=O) groups excluding carboxylic acids is 1. The lowest BCUT2D eigenvalue weighted by molar-refractivity contribution is -0.118. The maximum absolute atomic E-state index is 11.3. The molecule has 1 unspecified atom stereocenters. The van der Waals surface area contributed by atoms with Crippen LogP contribution in [0.2, 0.25) is 45.3 Å². The predicted octanol–water partition coefficient (Wildman–Crippen LogP) is 2.02. The van der Waals surface area contributed by atoms with Crippen molar-refractivity contribution >= 4 is 32.1 Å². The van der Waals surface area contributed by atoms with Gasteiger partial charge in [-0.15, -0.1) is 0 Å². The van der Waals surface area contributed by atoms with Gasteiger partial charge < -0.3 is 24.0 Å². The van der Waals surface area contributed by atoms with Gasteiger partial charge in [0.05, 0.1) is 22.2 Å². The van der Waals surface area contributed by atoms with Crippen LogP contribution in [0.1, 0.15) is 13.3 Å². The van der Waals surface area contributed by atoms with Crippen LogP contribution in [0.15, 0.2) is 12.2 Å². The first-order valence-electron chi connectivity index (χ1n) is 9.35. The zero-order valence-electron chi connectivity index (χ0n) is 17.7. The summed E-state index contributed by atoms with van der Waals surface area (Å²) in [4.78, 5) is 11.3. The van der Waals surface area contributed by atoms with E-state index >= 15 is 0 Å². The molecule has 0 rings (SSSR count). The molecule has 26 heavy (non-hydrogen) atoms. The van der Waals surface area contributed by atoms with Crippen molar-refractivity contribution in [1.82, 2.24) is 5.32 Å². The van der Waals surface area contributed by atoms with Crippen molar-refractivity contribution in [2.45, 2.75) is 70.7 Å². The molecule has 154 valence electrons. The van der Waals surface area contributed by atoms with E-state index in [9.17, 15) is 9.90 Å². The zero-order chi connectivity index (χ0) is 20.4. The highest BCUT2D eigenvalue weighted by Crippen LogP contribution is 2.14. The number of amides is 1. The minimum Gasteiger partial charge on any atom is -0.398 e. The molecule has 0 aliphatic rings. The number of nitrogens with one attached hydrogen (secondary N) is 1. The molecule has 1 atom stereocenters. The summed E-state index contributed by atoms with van der Waals surface area (Å²) in [6, 6.07) is 1.09. The molecule has 0 heterocycles. The second-order valence-corrected chi connectivity index (χ2v) is 19.5. The summed E-state index contributed by atoms with van der Waals surface area (Å²) in [5, 5.41) is 12.4. The van der Waals surface area contributed by atoms with Crippen LogP contribution in [-0.4, -0.2) is 68.9 Å². The van der Waals surface area contributed by atoms with Crippen LogP contribution in [-0.2, 0) is 18.4 Å². The van der Waals surface area contributed by atoms with Crippen LogP contribution in [0.3, 0.4) is 0 Å². The van der Waals surface area contributed by atoms with Crippen molar-refractivity contribution in [3.05, 3.63) is 12.2 Å². The van der Waals surface area contributed by atoms with Gasteiger partial charge in [0.2, 0.25) is 5.91 Å². The average molecular weight is 422 g/mol. The lowest BCUT2D eigenvalue weighted by Gasteiger charge is -2.31. The van der Waals surface area contributed by atoms with Crippen LogP contribution in [0.4, 0.5) is 0 Å². The predicted molar refractivity (Wildman–Crippen MR) is 115 cm³/mol. The highest BCUT2D eigenvalue weighted by atomic mass is 28.4. The summed E-state index contributed by atoms with van der Waals surface area (Å²) >= 11 is 0. The molecule has 0 radical (unpaired) electrons. The van der Waals surface area contributed by atoms with E-state index in [0.717, 1.165) is 12.5 Å². The van der Waals surface area contributed by atoms with E-state index in [1.54, 1.807) is 6.92 Å². The smallest absolute Gasteiger partial charge is 0.246 e. The Labute approximate surface area is 163 Å². The Balaban J connectivity index is 3.96. The summed E-state index contributed by atoms with van der Waals surface area (Å²) in [5.74, 6) is -0.234. The standard InChI is InChI=1S/C17H39NO5Si3/c1-14(2)16(20)18-12-15(19)13-21-10-9-11-24-17(22-25(3,4)5)23-26(6,7)8/h15,17,19H,1,9-13,24H2,2-8H3,(H,18,20). The third-order valence-electron chi connectivity index (χ3n) is 3.14. The molecule has 0 spiro atoms. The van der Waals surface area contributed by atoms with Gasteiger partial charge in [-0.3, -0.25) is 4.79 Å². The van der Waals surface area contributed by atoms with Crippen molar-refractivity contribution in [3.63, 3.8) is 0 Å². The number of hydrogen-bond donors (Lipinski definition) is 2. The molecule has 0 aliphatic heterocycles. The van der Waals surface area contributed by atoms with E-state index in [0.29, 0.717) is 12.2 Å². The Kier molecular flexibility index (Phi) is 12.1. The lowest BCUT2D eigenvalue weighted by atomic mass is 10.3. The average Bonchev–Trinajstić information content (AvgIpc) is 2.44. The molecule has 6 nitrogen and oxygen atoms in total. The summed E-state index contributed by atoms with van der Waals surface area (Å²) < 4.78 is 17.9. The fourth-order valence-corrected chi connectivity index (χ4v) is 8.62. The van der Waals surface area contributed by atoms with Crippen LogP contribution in [0, 0.1) is 0 Å². The summed E-state index contributed by atoms with van der Waals surface area (Å²) in [6.45, 7) is 19.3. The van der Waals surface area contributed by atoms with Gasteiger partial charge in [-0.25, -0.2) is 0 Å². The number of aliphatic hydroxyl groups is 1. The Bertz CT molecular complexity index is 419. The summed E-state index contributed by atoms with van der Waals surface area (Å²) in [5.41, 5.74) is 0.429. The third-order valence-corrected chi connectivity index (χ3v) is 7.46. The minimum atomic E-state index is -1.61.